The number of thiophene rings is 1. The van der Waals surface area contributed by atoms with Gasteiger partial charge in [-0.1, -0.05) is 17.8 Å². The number of nitrogens with zero attached hydrogens (tertiary/aromatic N) is 2. The molecule has 1 aromatic rings. The van der Waals surface area contributed by atoms with Crippen molar-refractivity contribution in [3.05, 3.63) is 27.1 Å². The zero-order chi connectivity index (χ0) is 13.7. The molecule has 0 amide bonds. The molecule has 1 fully saturated rings. The van der Waals surface area contributed by atoms with Crippen molar-refractivity contribution in [2.45, 2.75) is 38.3 Å². The van der Waals surface area contributed by atoms with Crippen LogP contribution >= 0.6 is 11.3 Å². The highest BCUT2D eigenvalue weighted by Crippen LogP contribution is 2.28. The Hall–Kier alpha value is -0.980. The maximum Gasteiger partial charge on any atom is 0.324 e. The fourth-order valence-electron chi connectivity index (χ4n) is 2.66. The molecule has 0 spiro atoms. The molecule has 1 N–H and O–H groups in total. The Morgan fingerprint density at radius 3 is 3.05 bits per heavy atom. The first kappa shape index (κ1) is 14.4. The summed E-state index contributed by atoms with van der Waals surface area (Å²) in [5, 5.41) is 14.2. The van der Waals surface area contributed by atoms with Crippen molar-refractivity contribution in [2.24, 2.45) is 0 Å². The van der Waals surface area contributed by atoms with Gasteiger partial charge in [0.1, 0.15) is 0 Å². The highest BCUT2D eigenvalue weighted by molar-refractivity contribution is 7.15. The summed E-state index contributed by atoms with van der Waals surface area (Å²) in [7, 11) is 1.98. The highest BCUT2D eigenvalue weighted by atomic mass is 32.1. The lowest BCUT2D eigenvalue weighted by Gasteiger charge is -2.35. The van der Waals surface area contributed by atoms with Crippen molar-refractivity contribution in [3.8, 4) is 0 Å². The zero-order valence-electron chi connectivity index (χ0n) is 11.3. The van der Waals surface area contributed by atoms with Gasteiger partial charge >= 0.3 is 5.00 Å². The fourth-order valence-corrected chi connectivity index (χ4v) is 3.50. The maximum atomic E-state index is 10.7. The normalized spacial score (nSPS) is 20.6. The quantitative estimate of drug-likeness (QED) is 0.644. The van der Waals surface area contributed by atoms with Crippen molar-refractivity contribution in [1.82, 2.24) is 10.2 Å². The van der Waals surface area contributed by atoms with Gasteiger partial charge in [-0.15, -0.1) is 0 Å². The number of likely N-dealkylation sites (tertiary alicyclic amines) is 1. The lowest BCUT2D eigenvalue weighted by Crippen LogP contribution is -2.40. The second kappa shape index (κ2) is 6.98. The van der Waals surface area contributed by atoms with Gasteiger partial charge in [-0.05, 0) is 45.5 Å². The predicted octanol–water partition coefficient (Wildman–Crippen LogP) is 2.62. The maximum absolute atomic E-state index is 10.7. The van der Waals surface area contributed by atoms with Crippen molar-refractivity contribution in [3.63, 3.8) is 0 Å². The van der Waals surface area contributed by atoms with Crippen LogP contribution < -0.4 is 5.32 Å². The van der Waals surface area contributed by atoms with E-state index in [0.717, 1.165) is 30.9 Å². The minimum absolute atomic E-state index is 0.249. The predicted molar refractivity (Wildman–Crippen MR) is 77.6 cm³/mol. The Bertz CT molecular complexity index is 422. The molecule has 0 aromatic carbocycles. The first-order valence-corrected chi connectivity index (χ1v) is 7.64. The van der Waals surface area contributed by atoms with E-state index in [0.29, 0.717) is 6.04 Å². The molecule has 5 nitrogen and oxygen atoms in total. The summed E-state index contributed by atoms with van der Waals surface area (Å²) in [6.07, 6.45) is 4.94. The first-order chi connectivity index (χ1) is 9.20. The van der Waals surface area contributed by atoms with Crippen LogP contribution in [0.4, 0.5) is 5.00 Å². The minimum Gasteiger partial charge on any atom is -0.320 e. The van der Waals surface area contributed by atoms with E-state index < -0.39 is 0 Å². The second-order valence-electron chi connectivity index (χ2n) is 5.01. The molecule has 1 aliphatic rings. The third kappa shape index (κ3) is 3.99. The van der Waals surface area contributed by atoms with Crippen LogP contribution in [0, 0.1) is 10.1 Å². The molecule has 2 heterocycles. The third-order valence-electron chi connectivity index (χ3n) is 3.66. The van der Waals surface area contributed by atoms with E-state index in [-0.39, 0.29) is 9.92 Å². The van der Waals surface area contributed by atoms with E-state index in [1.807, 2.05) is 13.1 Å². The molecule has 106 valence electrons. The molecule has 0 bridgehead atoms. The summed E-state index contributed by atoms with van der Waals surface area (Å²) in [6.45, 7) is 3.00. The van der Waals surface area contributed by atoms with Gasteiger partial charge in [-0.2, -0.15) is 0 Å². The third-order valence-corrected chi connectivity index (χ3v) is 4.68. The smallest absolute Gasteiger partial charge is 0.320 e. The Balaban J connectivity index is 1.95. The van der Waals surface area contributed by atoms with Gasteiger partial charge in [-0.25, -0.2) is 0 Å². The fraction of sp³-hybridized carbons (Fsp3) is 0.692. The van der Waals surface area contributed by atoms with Gasteiger partial charge in [0, 0.05) is 23.5 Å². The van der Waals surface area contributed by atoms with Gasteiger partial charge in [0.25, 0.3) is 0 Å². The molecule has 1 unspecified atom stereocenters. The average molecular weight is 283 g/mol. The number of hydrogen-bond acceptors (Lipinski definition) is 5. The Morgan fingerprint density at radius 1 is 1.53 bits per heavy atom. The molecular formula is C13H21N3O2S. The highest BCUT2D eigenvalue weighted by Gasteiger charge is 2.23. The van der Waals surface area contributed by atoms with Crippen LogP contribution in [-0.4, -0.2) is 36.0 Å². The summed E-state index contributed by atoms with van der Waals surface area (Å²) in [6, 6.07) is 4.13. The van der Waals surface area contributed by atoms with E-state index in [4.69, 9.17) is 0 Å². The molecule has 2 rings (SSSR count). The molecule has 6 heteroatoms. The van der Waals surface area contributed by atoms with Crippen LogP contribution in [0.15, 0.2) is 12.1 Å². The minimum atomic E-state index is -0.303. The summed E-state index contributed by atoms with van der Waals surface area (Å²) in [5.74, 6) is 0. The molecule has 19 heavy (non-hydrogen) atoms. The molecule has 1 aliphatic heterocycles. The van der Waals surface area contributed by atoms with Gasteiger partial charge in [0.15, 0.2) is 0 Å². The zero-order valence-corrected chi connectivity index (χ0v) is 12.1. The SMILES string of the molecule is CNCCC1CCCCN1Cc1ccc([N+](=O)[O-])s1. The van der Waals surface area contributed by atoms with Crippen LogP contribution in [0.25, 0.3) is 0 Å². The largest absolute Gasteiger partial charge is 0.324 e. The molecule has 1 atom stereocenters. The van der Waals surface area contributed by atoms with Gasteiger partial charge in [0.05, 0.1) is 4.92 Å². The number of piperidine rings is 1. The van der Waals surface area contributed by atoms with E-state index >= 15 is 0 Å². The molecule has 0 saturated carbocycles. The van der Waals surface area contributed by atoms with E-state index in [1.54, 1.807) is 6.07 Å². The number of rotatable bonds is 6. The topological polar surface area (TPSA) is 58.4 Å². The number of hydrogen-bond donors (Lipinski definition) is 1. The standard InChI is InChI=1S/C13H21N3O2S/c1-14-8-7-11-4-2-3-9-15(11)10-12-5-6-13(19-12)16(17)18/h5-6,11,14H,2-4,7-10H2,1H3. The Labute approximate surface area is 117 Å². The Kier molecular flexibility index (Phi) is 5.30. The molecule has 1 aromatic heterocycles. The number of nitrogens with one attached hydrogen (secondary N) is 1. The molecular weight excluding hydrogens is 262 g/mol. The number of nitro groups is 1. The van der Waals surface area contributed by atoms with Crippen LogP contribution in [0.5, 0.6) is 0 Å². The van der Waals surface area contributed by atoms with Crippen LogP contribution in [0.1, 0.15) is 30.6 Å². The van der Waals surface area contributed by atoms with Gasteiger partial charge < -0.3 is 5.32 Å². The lowest BCUT2D eigenvalue weighted by atomic mass is 9.99. The van der Waals surface area contributed by atoms with Crippen molar-refractivity contribution in [2.75, 3.05) is 20.1 Å². The van der Waals surface area contributed by atoms with E-state index in [2.05, 4.69) is 10.2 Å². The summed E-state index contributed by atoms with van der Waals surface area (Å²) in [5.41, 5.74) is 0. The van der Waals surface area contributed by atoms with Crippen molar-refractivity contribution < 1.29 is 4.92 Å². The van der Waals surface area contributed by atoms with Crippen molar-refractivity contribution >= 4 is 16.3 Å². The van der Waals surface area contributed by atoms with Crippen molar-refractivity contribution in [1.29, 1.82) is 0 Å². The molecule has 1 saturated heterocycles. The Morgan fingerprint density at radius 2 is 2.37 bits per heavy atom. The second-order valence-corrected chi connectivity index (χ2v) is 6.16. The molecule has 0 radical (unpaired) electrons. The summed E-state index contributed by atoms with van der Waals surface area (Å²) >= 11 is 1.30. The van der Waals surface area contributed by atoms with Crippen LogP contribution in [-0.2, 0) is 6.54 Å². The summed E-state index contributed by atoms with van der Waals surface area (Å²) in [4.78, 5) is 14.0. The van der Waals surface area contributed by atoms with E-state index in [9.17, 15) is 10.1 Å². The van der Waals surface area contributed by atoms with Crippen LogP contribution in [0.3, 0.4) is 0 Å². The van der Waals surface area contributed by atoms with Gasteiger partial charge in [-0.3, -0.25) is 15.0 Å². The monoisotopic (exact) mass is 283 g/mol. The van der Waals surface area contributed by atoms with E-state index in [1.165, 1.54) is 30.6 Å². The van der Waals surface area contributed by atoms with Gasteiger partial charge in [0.2, 0.25) is 0 Å². The lowest BCUT2D eigenvalue weighted by molar-refractivity contribution is -0.380. The first-order valence-electron chi connectivity index (χ1n) is 6.82. The average Bonchev–Trinajstić information content (AvgIpc) is 2.86. The summed E-state index contributed by atoms with van der Waals surface area (Å²) < 4.78 is 0. The van der Waals surface area contributed by atoms with Crippen LogP contribution in [0.2, 0.25) is 0 Å². The molecule has 0 aliphatic carbocycles.